The Hall–Kier alpha value is -0.200. The summed E-state index contributed by atoms with van der Waals surface area (Å²) in [5, 5.41) is 8.64. The van der Waals surface area contributed by atoms with E-state index in [1.54, 1.807) is 0 Å². The average molecular weight is 214 g/mol. The van der Waals surface area contributed by atoms with Crippen molar-refractivity contribution in [2.75, 3.05) is 25.9 Å². The summed E-state index contributed by atoms with van der Waals surface area (Å²) in [7, 11) is 2.09. The molecule has 0 saturated heterocycles. The first-order chi connectivity index (χ1) is 6.70. The maximum Gasteiger partial charge on any atom is 0.0666 e. The minimum absolute atomic E-state index is 0.150. The molecule has 0 N–H and O–H groups in total. The molecule has 0 heterocycles. The van der Waals surface area contributed by atoms with Gasteiger partial charge in [0.15, 0.2) is 0 Å². The second-order valence-corrected chi connectivity index (χ2v) is 4.38. The highest BCUT2D eigenvalue weighted by Crippen LogP contribution is 2.03. The molecule has 14 heavy (non-hydrogen) atoms. The van der Waals surface area contributed by atoms with Crippen molar-refractivity contribution in [1.82, 2.24) is 4.90 Å². The zero-order valence-electron chi connectivity index (χ0n) is 9.37. The molecule has 3 heteroatoms. The Kier molecular flexibility index (Phi) is 9.23. The molecule has 0 aliphatic carbocycles. The van der Waals surface area contributed by atoms with Gasteiger partial charge in [-0.2, -0.15) is 17.9 Å². The van der Waals surface area contributed by atoms with Crippen LogP contribution in [0.5, 0.6) is 0 Å². The van der Waals surface area contributed by atoms with Crippen molar-refractivity contribution in [2.45, 2.75) is 32.6 Å². The third-order valence-corrected chi connectivity index (χ3v) is 2.57. The van der Waals surface area contributed by atoms with E-state index in [4.69, 9.17) is 5.26 Å². The Bertz CT molecular complexity index is 165. The summed E-state index contributed by atoms with van der Waals surface area (Å²) in [6.07, 6.45) is 5.03. The molecule has 0 radical (unpaired) electrons. The maximum atomic E-state index is 8.64. The summed E-state index contributed by atoms with van der Waals surface area (Å²) in [5.74, 6) is 1.15. The first-order valence-corrected chi connectivity index (χ1v) is 6.03. The Morgan fingerprint density at radius 2 is 1.93 bits per heavy atom. The third-order valence-electron chi connectivity index (χ3n) is 2.25. The molecule has 1 atom stereocenters. The number of rotatable bonds is 8. The smallest absolute Gasteiger partial charge is 0.0666 e. The minimum Gasteiger partial charge on any atom is -0.305 e. The summed E-state index contributed by atoms with van der Waals surface area (Å²) >= 11 is 4.17. The van der Waals surface area contributed by atoms with Crippen LogP contribution in [-0.2, 0) is 0 Å². The zero-order chi connectivity index (χ0) is 10.8. The summed E-state index contributed by atoms with van der Waals surface area (Å²) in [4.78, 5) is 2.24. The van der Waals surface area contributed by atoms with Crippen molar-refractivity contribution in [3.8, 4) is 6.07 Å². The van der Waals surface area contributed by atoms with Gasteiger partial charge in [0, 0.05) is 6.54 Å². The molecule has 2 nitrogen and oxygen atoms in total. The molecule has 0 fully saturated rings. The van der Waals surface area contributed by atoms with Crippen molar-refractivity contribution in [3.63, 3.8) is 0 Å². The van der Waals surface area contributed by atoms with Gasteiger partial charge in [0.2, 0.25) is 0 Å². The molecule has 0 rings (SSSR count). The van der Waals surface area contributed by atoms with E-state index in [0.29, 0.717) is 0 Å². The summed E-state index contributed by atoms with van der Waals surface area (Å²) in [5.41, 5.74) is 0. The van der Waals surface area contributed by atoms with Gasteiger partial charge in [0.1, 0.15) is 0 Å². The molecule has 0 aliphatic rings. The van der Waals surface area contributed by atoms with Gasteiger partial charge in [-0.15, -0.1) is 0 Å². The third kappa shape index (κ3) is 8.40. The summed E-state index contributed by atoms with van der Waals surface area (Å²) in [6.45, 7) is 3.97. The van der Waals surface area contributed by atoms with Crippen molar-refractivity contribution >= 4 is 12.6 Å². The van der Waals surface area contributed by atoms with Crippen LogP contribution in [0, 0.1) is 17.2 Å². The van der Waals surface area contributed by atoms with Crippen LogP contribution in [0.2, 0.25) is 0 Å². The highest BCUT2D eigenvalue weighted by molar-refractivity contribution is 7.80. The van der Waals surface area contributed by atoms with Crippen molar-refractivity contribution in [1.29, 1.82) is 5.26 Å². The van der Waals surface area contributed by atoms with Gasteiger partial charge in [-0.25, -0.2) is 0 Å². The topological polar surface area (TPSA) is 27.0 Å². The van der Waals surface area contributed by atoms with Gasteiger partial charge in [0.25, 0.3) is 0 Å². The SMILES string of the molecule is CC(C#N)CN(C)CCCCCCS. The fourth-order valence-corrected chi connectivity index (χ4v) is 1.67. The number of nitriles is 1. The normalized spacial score (nSPS) is 12.8. The predicted octanol–water partition coefficient (Wildman–Crippen LogP) is 2.57. The van der Waals surface area contributed by atoms with E-state index in [2.05, 4.69) is 30.6 Å². The highest BCUT2D eigenvalue weighted by Gasteiger charge is 2.03. The first-order valence-electron chi connectivity index (χ1n) is 5.39. The van der Waals surface area contributed by atoms with E-state index in [1.165, 1.54) is 25.7 Å². The van der Waals surface area contributed by atoms with Gasteiger partial charge < -0.3 is 4.90 Å². The molecule has 0 aliphatic heterocycles. The number of hydrogen-bond donors (Lipinski definition) is 1. The number of hydrogen-bond acceptors (Lipinski definition) is 3. The van der Waals surface area contributed by atoms with Gasteiger partial charge in [-0.1, -0.05) is 12.8 Å². The van der Waals surface area contributed by atoms with Crippen molar-refractivity contribution in [2.24, 2.45) is 5.92 Å². The van der Waals surface area contributed by atoms with Crippen LogP contribution in [0.3, 0.4) is 0 Å². The summed E-state index contributed by atoms with van der Waals surface area (Å²) < 4.78 is 0. The Morgan fingerprint density at radius 3 is 2.50 bits per heavy atom. The van der Waals surface area contributed by atoms with Crippen molar-refractivity contribution < 1.29 is 0 Å². The zero-order valence-corrected chi connectivity index (χ0v) is 10.3. The second kappa shape index (κ2) is 9.36. The number of nitrogens with zero attached hydrogens (tertiary/aromatic N) is 2. The fraction of sp³-hybridized carbons (Fsp3) is 0.909. The average Bonchev–Trinajstić information content (AvgIpc) is 2.17. The van der Waals surface area contributed by atoms with E-state index < -0.39 is 0 Å². The molecule has 0 spiro atoms. The van der Waals surface area contributed by atoms with Gasteiger partial charge in [-0.05, 0) is 39.1 Å². The number of unbranched alkanes of at least 4 members (excludes halogenated alkanes) is 3. The minimum atomic E-state index is 0.150. The Balaban J connectivity index is 3.27. The highest BCUT2D eigenvalue weighted by atomic mass is 32.1. The van der Waals surface area contributed by atoms with Crippen molar-refractivity contribution in [3.05, 3.63) is 0 Å². The Morgan fingerprint density at radius 1 is 1.29 bits per heavy atom. The first kappa shape index (κ1) is 13.8. The van der Waals surface area contributed by atoms with E-state index >= 15 is 0 Å². The van der Waals surface area contributed by atoms with Crippen LogP contribution in [0.1, 0.15) is 32.6 Å². The van der Waals surface area contributed by atoms with Crippen LogP contribution in [0.25, 0.3) is 0 Å². The molecular formula is C11H22N2S. The van der Waals surface area contributed by atoms with E-state index in [-0.39, 0.29) is 5.92 Å². The monoisotopic (exact) mass is 214 g/mol. The molecule has 0 bridgehead atoms. The molecule has 0 amide bonds. The molecule has 0 aromatic carbocycles. The summed E-state index contributed by atoms with van der Waals surface area (Å²) in [6, 6.07) is 2.25. The van der Waals surface area contributed by atoms with Crippen LogP contribution < -0.4 is 0 Å². The predicted molar refractivity (Wildman–Crippen MR) is 64.6 cm³/mol. The Labute approximate surface area is 93.7 Å². The molecular weight excluding hydrogens is 192 g/mol. The lowest BCUT2D eigenvalue weighted by Gasteiger charge is -2.17. The quantitative estimate of drug-likeness (QED) is 0.496. The lowest BCUT2D eigenvalue weighted by molar-refractivity contribution is 0.302. The van der Waals surface area contributed by atoms with Crippen LogP contribution in [0.4, 0.5) is 0 Å². The van der Waals surface area contributed by atoms with E-state index in [9.17, 15) is 0 Å². The van der Waals surface area contributed by atoms with Crippen LogP contribution >= 0.6 is 12.6 Å². The van der Waals surface area contributed by atoms with Crippen LogP contribution in [-0.4, -0.2) is 30.8 Å². The lowest BCUT2D eigenvalue weighted by atomic mass is 10.1. The van der Waals surface area contributed by atoms with Gasteiger partial charge in [0.05, 0.1) is 12.0 Å². The van der Waals surface area contributed by atoms with E-state index in [1.807, 2.05) is 6.92 Å². The molecule has 0 saturated carbocycles. The largest absolute Gasteiger partial charge is 0.305 e. The lowest BCUT2D eigenvalue weighted by Crippen LogP contribution is -2.24. The molecule has 1 unspecified atom stereocenters. The second-order valence-electron chi connectivity index (χ2n) is 3.93. The molecule has 82 valence electrons. The fourth-order valence-electron chi connectivity index (χ4n) is 1.45. The van der Waals surface area contributed by atoms with Gasteiger partial charge in [-0.3, -0.25) is 0 Å². The standard InChI is InChI=1S/C11H22N2S/c1-11(9-12)10-13(2)7-5-3-4-6-8-14/h11,14H,3-8,10H2,1-2H3. The van der Waals surface area contributed by atoms with Crippen LogP contribution in [0.15, 0.2) is 0 Å². The molecule has 0 aromatic rings. The number of thiol groups is 1. The van der Waals surface area contributed by atoms with Gasteiger partial charge >= 0.3 is 0 Å². The maximum absolute atomic E-state index is 8.64. The van der Waals surface area contributed by atoms with E-state index in [0.717, 1.165) is 18.8 Å². The molecule has 0 aromatic heterocycles.